The van der Waals surface area contributed by atoms with E-state index in [1.54, 1.807) is 6.07 Å². The molecule has 0 fully saturated rings. The third-order valence-electron chi connectivity index (χ3n) is 1.49. The highest BCUT2D eigenvalue weighted by Crippen LogP contribution is 2.26. The van der Waals surface area contributed by atoms with Gasteiger partial charge >= 0.3 is 5.69 Å². The number of aromatic nitrogens is 1. The van der Waals surface area contributed by atoms with Crippen molar-refractivity contribution in [2.75, 3.05) is 12.4 Å². The van der Waals surface area contributed by atoms with E-state index in [1.807, 2.05) is 0 Å². The second-order valence-electron chi connectivity index (χ2n) is 2.49. The van der Waals surface area contributed by atoms with Crippen LogP contribution >= 0.6 is 11.8 Å². The van der Waals surface area contributed by atoms with Crippen LogP contribution in [0, 0.1) is 21.4 Å². The van der Waals surface area contributed by atoms with E-state index in [0.717, 1.165) is 11.8 Å². The summed E-state index contributed by atoms with van der Waals surface area (Å²) in [4.78, 5) is 13.8. The largest absolute Gasteiger partial charge is 0.396 e. The van der Waals surface area contributed by atoms with Crippen molar-refractivity contribution >= 4 is 17.4 Å². The lowest BCUT2D eigenvalue weighted by atomic mass is 10.3. The smallest absolute Gasteiger partial charge is 0.302 e. The van der Waals surface area contributed by atoms with Crippen LogP contribution in [0.5, 0.6) is 0 Å². The zero-order chi connectivity index (χ0) is 11.3. The number of nitro groups is 1. The summed E-state index contributed by atoms with van der Waals surface area (Å²) >= 11 is 1.08. The molecule has 1 rings (SSSR count). The van der Waals surface area contributed by atoms with Gasteiger partial charge in [0, 0.05) is 18.0 Å². The van der Waals surface area contributed by atoms with Gasteiger partial charge in [-0.1, -0.05) is 11.8 Å². The van der Waals surface area contributed by atoms with Crippen molar-refractivity contribution in [3.63, 3.8) is 0 Å². The SMILES string of the molecule is N#Cc1cnc(SCCO)c([N+](=O)[O-])c1. The average molecular weight is 225 g/mol. The summed E-state index contributed by atoms with van der Waals surface area (Å²) in [6.07, 6.45) is 1.27. The number of pyridine rings is 1. The molecule has 1 N–H and O–H groups in total. The lowest BCUT2D eigenvalue weighted by molar-refractivity contribution is -0.388. The van der Waals surface area contributed by atoms with Gasteiger partial charge in [0.25, 0.3) is 0 Å². The molecule has 1 aromatic rings. The standard InChI is InChI=1S/C8H7N3O3S/c9-4-6-3-7(11(13)14)8(10-5-6)15-2-1-12/h3,5,12H,1-2H2. The predicted octanol–water partition coefficient (Wildman–Crippen LogP) is 0.946. The van der Waals surface area contributed by atoms with E-state index in [9.17, 15) is 10.1 Å². The van der Waals surface area contributed by atoms with E-state index < -0.39 is 4.92 Å². The third-order valence-corrected chi connectivity index (χ3v) is 2.46. The highest BCUT2D eigenvalue weighted by Gasteiger charge is 2.16. The maximum atomic E-state index is 10.6. The van der Waals surface area contributed by atoms with Crippen molar-refractivity contribution in [1.29, 1.82) is 5.26 Å². The Balaban J connectivity index is 3.05. The summed E-state index contributed by atoms with van der Waals surface area (Å²) < 4.78 is 0. The van der Waals surface area contributed by atoms with Crippen LogP contribution in [0.25, 0.3) is 0 Å². The lowest BCUT2D eigenvalue weighted by Crippen LogP contribution is -1.96. The minimum Gasteiger partial charge on any atom is -0.396 e. The quantitative estimate of drug-likeness (QED) is 0.465. The van der Waals surface area contributed by atoms with Gasteiger partial charge in [-0.2, -0.15) is 5.26 Å². The molecule has 7 heteroatoms. The maximum absolute atomic E-state index is 10.6. The van der Waals surface area contributed by atoms with E-state index in [4.69, 9.17) is 10.4 Å². The van der Waals surface area contributed by atoms with Gasteiger partial charge in [-0.25, -0.2) is 4.98 Å². The zero-order valence-corrected chi connectivity index (χ0v) is 8.40. The third kappa shape index (κ3) is 2.90. The van der Waals surface area contributed by atoms with Crippen LogP contribution in [0.15, 0.2) is 17.3 Å². The molecule has 1 aromatic heterocycles. The van der Waals surface area contributed by atoms with Gasteiger partial charge in [-0.05, 0) is 0 Å². The van der Waals surface area contributed by atoms with Gasteiger partial charge in [0.2, 0.25) is 0 Å². The molecule has 0 atom stereocenters. The summed E-state index contributed by atoms with van der Waals surface area (Å²) in [6, 6.07) is 2.95. The molecule has 0 saturated heterocycles. The van der Waals surface area contributed by atoms with E-state index >= 15 is 0 Å². The molecule has 0 saturated carbocycles. The van der Waals surface area contributed by atoms with Gasteiger partial charge in [-0.15, -0.1) is 0 Å². The second-order valence-corrected chi connectivity index (χ2v) is 3.57. The Kier molecular flexibility index (Phi) is 4.03. The van der Waals surface area contributed by atoms with Gasteiger partial charge < -0.3 is 5.11 Å². The molecular formula is C8H7N3O3S. The van der Waals surface area contributed by atoms with Crippen molar-refractivity contribution in [2.24, 2.45) is 0 Å². The van der Waals surface area contributed by atoms with Gasteiger partial charge in [0.15, 0.2) is 5.03 Å². The summed E-state index contributed by atoms with van der Waals surface area (Å²) in [5, 5.41) is 28.0. The first-order chi connectivity index (χ1) is 7.19. The topological polar surface area (TPSA) is 100 Å². The van der Waals surface area contributed by atoms with Gasteiger partial charge in [-0.3, -0.25) is 10.1 Å². The van der Waals surface area contributed by atoms with E-state index in [2.05, 4.69) is 4.98 Å². The van der Waals surface area contributed by atoms with Gasteiger partial charge in [0.05, 0.1) is 17.1 Å². The number of hydrogen-bond donors (Lipinski definition) is 1. The van der Waals surface area contributed by atoms with Crippen LogP contribution < -0.4 is 0 Å². The molecule has 6 nitrogen and oxygen atoms in total. The molecule has 1 heterocycles. The highest BCUT2D eigenvalue weighted by molar-refractivity contribution is 7.99. The first kappa shape index (κ1) is 11.4. The fraction of sp³-hybridized carbons (Fsp3) is 0.250. The van der Waals surface area contributed by atoms with Crippen LogP contribution in [0.4, 0.5) is 5.69 Å². The van der Waals surface area contributed by atoms with E-state index in [0.29, 0.717) is 5.75 Å². The van der Waals surface area contributed by atoms with Crippen molar-refractivity contribution in [2.45, 2.75) is 5.03 Å². The summed E-state index contributed by atoms with van der Waals surface area (Å²) in [5.74, 6) is 0.333. The molecule has 0 aliphatic carbocycles. The number of nitrogens with zero attached hydrogens (tertiary/aromatic N) is 3. The van der Waals surface area contributed by atoms with Crippen LogP contribution in [-0.4, -0.2) is 27.4 Å². The highest BCUT2D eigenvalue weighted by atomic mass is 32.2. The molecule has 0 unspecified atom stereocenters. The molecule has 0 amide bonds. The normalized spacial score (nSPS) is 9.60. The average Bonchev–Trinajstić information content (AvgIpc) is 2.26. The summed E-state index contributed by atoms with van der Waals surface area (Å²) in [6.45, 7) is -0.0799. The Hall–Kier alpha value is -1.65. The molecule has 78 valence electrons. The maximum Gasteiger partial charge on any atom is 0.302 e. The van der Waals surface area contributed by atoms with E-state index in [1.165, 1.54) is 12.3 Å². The minimum atomic E-state index is -0.590. The van der Waals surface area contributed by atoms with Crippen LogP contribution in [-0.2, 0) is 0 Å². The number of rotatable bonds is 4. The van der Waals surface area contributed by atoms with Crippen molar-refractivity contribution in [1.82, 2.24) is 4.98 Å². The lowest BCUT2D eigenvalue weighted by Gasteiger charge is -2.00. The summed E-state index contributed by atoms with van der Waals surface area (Å²) in [7, 11) is 0. The first-order valence-corrected chi connectivity index (χ1v) is 4.95. The Morgan fingerprint density at radius 1 is 1.73 bits per heavy atom. The van der Waals surface area contributed by atoms with Crippen molar-refractivity contribution in [3.8, 4) is 6.07 Å². The van der Waals surface area contributed by atoms with Gasteiger partial charge in [0.1, 0.15) is 6.07 Å². The monoisotopic (exact) mass is 225 g/mol. The van der Waals surface area contributed by atoms with Crippen LogP contribution in [0.2, 0.25) is 0 Å². The number of nitriles is 1. The molecule has 0 radical (unpaired) electrons. The summed E-state index contributed by atoms with van der Waals surface area (Å²) in [5.41, 5.74) is -0.0532. The van der Waals surface area contributed by atoms with Crippen LogP contribution in [0.1, 0.15) is 5.56 Å². The molecule has 0 aliphatic heterocycles. The number of aliphatic hydroxyl groups is 1. The van der Waals surface area contributed by atoms with Crippen molar-refractivity contribution < 1.29 is 10.0 Å². The fourth-order valence-corrected chi connectivity index (χ4v) is 1.58. The molecule has 0 aromatic carbocycles. The first-order valence-electron chi connectivity index (χ1n) is 3.97. The molecule has 0 bridgehead atoms. The molecule has 0 aliphatic rings. The number of aliphatic hydroxyl groups excluding tert-OH is 1. The fourth-order valence-electron chi connectivity index (χ4n) is 0.886. The van der Waals surface area contributed by atoms with E-state index in [-0.39, 0.29) is 22.9 Å². The molecular weight excluding hydrogens is 218 g/mol. The number of thioether (sulfide) groups is 1. The Bertz CT molecular complexity index is 416. The van der Waals surface area contributed by atoms with Crippen LogP contribution in [0.3, 0.4) is 0 Å². The van der Waals surface area contributed by atoms with Crippen molar-refractivity contribution in [3.05, 3.63) is 27.9 Å². The second kappa shape index (κ2) is 5.29. The Morgan fingerprint density at radius 2 is 2.47 bits per heavy atom. The molecule has 15 heavy (non-hydrogen) atoms. The Morgan fingerprint density at radius 3 is 3.00 bits per heavy atom. The number of hydrogen-bond acceptors (Lipinski definition) is 6. The zero-order valence-electron chi connectivity index (χ0n) is 7.58. The predicted molar refractivity (Wildman–Crippen MR) is 53.4 cm³/mol. The Labute approximate surface area is 89.7 Å². The molecule has 0 spiro atoms. The minimum absolute atomic E-state index is 0.0799.